The first-order valence-electron chi connectivity index (χ1n) is 4.66. The van der Waals surface area contributed by atoms with Gasteiger partial charge in [0.15, 0.2) is 0 Å². The fraction of sp³-hybridized carbons (Fsp3) is 0.167. The number of benzene rings is 1. The molecule has 0 saturated heterocycles. The molecule has 3 nitrogen and oxygen atoms in total. The molecule has 0 unspecified atom stereocenters. The second kappa shape index (κ2) is 3.69. The van der Waals surface area contributed by atoms with Gasteiger partial charge in [-0.15, -0.1) is 0 Å². The molecule has 0 aliphatic heterocycles. The van der Waals surface area contributed by atoms with Crippen LogP contribution in [0.2, 0.25) is 0 Å². The van der Waals surface area contributed by atoms with Crippen LogP contribution in [0.25, 0.3) is 10.9 Å². The Balaban J connectivity index is 2.77. The van der Waals surface area contributed by atoms with Crippen LogP contribution in [0.1, 0.15) is 15.9 Å². The molecule has 0 aliphatic rings. The van der Waals surface area contributed by atoms with Crippen molar-refractivity contribution in [1.29, 1.82) is 0 Å². The number of hydrogen-bond acceptors (Lipinski definition) is 3. The molecule has 15 heavy (non-hydrogen) atoms. The van der Waals surface area contributed by atoms with E-state index in [0.29, 0.717) is 11.1 Å². The van der Waals surface area contributed by atoms with Gasteiger partial charge in [-0.25, -0.2) is 4.79 Å². The van der Waals surface area contributed by atoms with Gasteiger partial charge in [-0.05, 0) is 24.6 Å². The number of para-hydroxylation sites is 1. The van der Waals surface area contributed by atoms with Crippen molar-refractivity contribution in [3.05, 3.63) is 41.6 Å². The first kappa shape index (κ1) is 9.65. The Morgan fingerprint density at radius 1 is 1.33 bits per heavy atom. The number of hydrogen-bond donors (Lipinski definition) is 0. The maximum Gasteiger partial charge on any atom is 0.340 e. The zero-order chi connectivity index (χ0) is 10.8. The van der Waals surface area contributed by atoms with Gasteiger partial charge in [-0.1, -0.05) is 12.1 Å². The van der Waals surface area contributed by atoms with Crippen LogP contribution >= 0.6 is 0 Å². The minimum atomic E-state index is -0.348. The molecule has 3 heteroatoms. The summed E-state index contributed by atoms with van der Waals surface area (Å²) in [6.45, 7) is 1.99. The lowest BCUT2D eigenvalue weighted by Gasteiger charge is -2.05. The Kier molecular flexibility index (Phi) is 2.37. The van der Waals surface area contributed by atoms with Crippen LogP contribution in [0.3, 0.4) is 0 Å². The third-order valence-corrected chi connectivity index (χ3v) is 2.39. The fourth-order valence-electron chi connectivity index (χ4n) is 1.59. The summed E-state index contributed by atoms with van der Waals surface area (Å²) in [5.74, 6) is -0.348. The minimum Gasteiger partial charge on any atom is -0.465 e. The van der Waals surface area contributed by atoms with Crippen molar-refractivity contribution in [3.63, 3.8) is 0 Å². The number of pyridine rings is 1. The molecule has 2 rings (SSSR count). The molecule has 0 spiro atoms. The smallest absolute Gasteiger partial charge is 0.340 e. The lowest BCUT2D eigenvalue weighted by molar-refractivity contribution is 0.0603. The van der Waals surface area contributed by atoms with Crippen molar-refractivity contribution in [2.45, 2.75) is 6.92 Å². The van der Waals surface area contributed by atoms with Crippen LogP contribution in [0.5, 0.6) is 0 Å². The van der Waals surface area contributed by atoms with Gasteiger partial charge in [0.25, 0.3) is 0 Å². The Morgan fingerprint density at radius 2 is 2.13 bits per heavy atom. The van der Waals surface area contributed by atoms with Crippen molar-refractivity contribution in [1.82, 2.24) is 4.98 Å². The number of carbonyl (C=O) groups excluding carboxylic acids is 1. The standard InChI is InChI=1S/C12H11NO2/c1-8-6-7-13-11-9(8)4-3-5-10(11)12(14)15-2/h3-7H,1-2H3. The van der Waals surface area contributed by atoms with Gasteiger partial charge in [0.2, 0.25) is 0 Å². The molecule has 0 N–H and O–H groups in total. The molecule has 0 fully saturated rings. The van der Waals surface area contributed by atoms with Crippen molar-refractivity contribution in [3.8, 4) is 0 Å². The normalized spacial score (nSPS) is 10.3. The first-order valence-corrected chi connectivity index (χ1v) is 4.66. The van der Waals surface area contributed by atoms with E-state index in [1.807, 2.05) is 25.1 Å². The number of ether oxygens (including phenoxy) is 1. The van der Waals surface area contributed by atoms with Crippen LogP contribution in [-0.2, 0) is 4.74 Å². The SMILES string of the molecule is COC(=O)c1cccc2c(C)ccnc12. The minimum absolute atomic E-state index is 0.348. The first-order chi connectivity index (χ1) is 7.24. The number of rotatable bonds is 1. The number of nitrogens with zero attached hydrogens (tertiary/aromatic N) is 1. The van der Waals surface area contributed by atoms with E-state index in [1.165, 1.54) is 7.11 Å². The lowest BCUT2D eigenvalue weighted by atomic mass is 10.1. The second-order valence-electron chi connectivity index (χ2n) is 3.32. The summed E-state index contributed by atoms with van der Waals surface area (Å²) in [5, 5.41) is 0.986. The summed E-state index contributed by atoms with van der Waals surface area (Å²) >= 11 is 0. The second-order valence-corrected chi connectivity index (χ2v) is 3.32. The highest BCUT2D eigenvalue weighted by Gasteiger charge is 2.11. The quantitative estimate of drug-likeness (QED) is 0.665. The highest BCUT2D eigenvalue weighted by atomic mass is 16.5. The molecular weight excluding hydrogens is 190 g/mol. The summed E-state index contributed by atoms with van der Waals surface area (Å²) in [4.78, 5) is 15.7. The van der Waals surface area contributed by atoms with E-state index < -0.39 is 0 Å². The van der Waals surface area contributed by atoms with E-state index in [1.54, 1.807) is 12.3 Å². The van der Waals surface area contributed by atoms with Crippen molar-refractivity contribution < 1.29 is 9.53 Å². The van der Waals surface area contributed by atoms with Gasteiger partial charge in [0.1, 0.15) is 0 Å². The fourth-order valence-corrected chi connectivity index (χ4v) is 1.59. The predicted molar refractivity (Wildman–Crippen MR) is 57.8 cm³/mol. The average Bonchev–Trinajstić information content (AvgIpc) is 2.28. The maximum atomic E-state index is 11.5. The number of aromatic nitrogens is 1. The molecule has 2 aromatic rings. The van der Waals surface area contributed by atoms with Crippen LogP contribution in [0, 0.1) is 6.92 Å². The summed E-state index contributed by atoms with van der Waals surface area (Å²) in [6, 6.07) is 7.43. The Bertz CT molecular complexity index is 520. The molecular formula is C12H11NO2. The number of aryl methyl sites for hydroxylation is 1. The molecule has 0 aliphatic carbocycles. The molecule has 0 saturated carbocycles. The molecule has 0 bridgehead atoms. The Morgan fingerprint density at radius 3 is 2.87 bits per heavy atom. The Labute approximate surface area is 87.7 Å². The highest BCUT2D eigenvalue weighted by molar-refractivity contribution is 6.03. The lowest BCUT2D eigenvalue weighted by Crippen LogP contribution is -2.03. The predicted octanol–water partition coefficient (Wildman–Crippen LogP) is 2.33. The van der Waals surface area contributed by atoms with E-state index >= 15 is 0 Å². The molecule has 0 atom stereocenters. The topological polar surface area (TPSA) is 39.2 Å². The van der Waals surface area contributed by atoms with Gasteiger partial charge < -0.3 is 4.74 Å². The van der Waals surface area contributed by atoms with Crippen LogP contribution < -0.4 is 0 Å². The van der Waals surface area contributed by atoms with Crippen LogP contribution in [-0.4, -0.2) is 18.1 Å². The van der Waals surface area contributed by atoms with Crippen molar-refractivity contribution in [2.75, 3.05) is 7.11 Å². The molecule has 1 aromatic carbocycles. The van der Waals surface area contributed by atoms with E-state index in [0.717, 1.165) is 10.9 Å². The maximum absolute atomic E-state index is 11.5. The highest BCUT2D eigenvalue weighted by Crippen LogP contribution is 2.19. The van der Waals surface area contributed by atoms with E-state index in [9.17, 15) is 4.79 Å². The summed E-state index contributed by atoms with van der Waals surface area (Å²) in [6.07, 6.45) is 1.70. The van der Waals surface area contributed by atoms with E-state index in [-0.39, 0.29) is 5.97 Å². The largest absolute Gasteiger partial charge is 0.465 e. The molecule has 1 aromatic heterocycles. The van der Waals surface area contributed by atoms with Crippen molar-refractivity contribution in [2.24, 2.45) is 0 Å². The van der Waals surface area contributed by atoms with Crippen molar-refractivity contribution >= 4 is 16.9 Å². The third-order valence-electron chi connectivity index (χ3n) is 2.39. The van der Waals surface area contributed by atoms with Gasteiger partial charge in [-0.2, -0.15) is 0 Å². The van der Waals surface area contributed by atoms with E-state index in [2.05, 4.69) is 4.98 Å². The zero-order valence-corrected chi connectivity index (χ0v) is 8.65. The zero-order valence-electron chi connectivity index (χ0n) is 8.65. The average molecular weight is 201 g/mol. The molecule has 0 radical (unpaired) electrons. The van der Waals surface area contributed by atoms with Gasteiger partial charge >= 0.3 is 5.97 Å². The molecule has 0 amide bonds. The van der Waals surface area contributed by atoms with E-state index in [4.69, 9.17) is 4.74 Å². The number of fused-ring (bicyclic) bond motifs is 1. The molecule has 1 heterocycles. The van der Waals surface area contributed by atoms with Crippen LogP contribution in [0.15, 0.2) is 30.5 Å². The third kappa shape index (κ3) is 1.56. The number of carbonyl (C=O) groups is 1. The number of methoxy groups -OCH3 is 1. The summed E-state index contributed by atoms with van der Waals surface area (Å²) in [5.41, 5.74) is 2.31. The number of esters is 1. The van der Waals surface area contributed by atoms with Gasteiger partial charge in [0, 0.05) is 11.6 Å². The monoisotopic (exact) mass is 201 g/mol. The molecule has 76 valence electrons. The Hall–Kier alpha value is -1.90. The van der Waals surface area contributed by atoms with Gasteiger partial charge in [-0.3, -0.25) is 4.98 Å². The van der Waals surface area contributed by atoms with Gasteiger partial charge in [0.05, 0.1) is 18.2 Å². The summed E-state index contributed by atoms with van der Waals surface area (Å²) in [7, 11) is 1.37. The van der Waals surface area contributed by atoms with Crippen LogP contribution in [0.4, 0.5) is 0 Å². The summed E-state index contributed by atoms with van der Waals surface area (Å²) < 4.78 is 4.71.